The Hall–Kier alpha value is -1.15. The summed E-state index contributed by atoms with van der Waals surface area (Å²) in [6.07, 6.45) is 16.5. The summed E-state index contributed by atoms with van der Waals surface area (Å²) >= 11 is 0. The third-order valence-corrected chi connectivity index (χ3v) is 4.52. The lowest BCUT2D eigenvalue weighted by Gasteiger charge is -2.15. The number of aliphatic imine (C=N–C) groups is 1. The Morgan fingerprint density at radius 2 is 2.29 bits per heavy atom. The Morgan fingerprint density at radius 1 is 1.38 bits per heavy atom. The maximum Gasteiger partial charge on any atom is 0.0426 e. The van der Waals surface area contributed by atoms with Crippen LogP contribution in [-0.2, 0) is 0 Å². The van der Waals surface area contributed by atoms with E-state index in [2.05, 4.69) is 43.5 Å². The Labute approximate surface area is 130 Å². The van der Waals surface area contributed by atoms with Crippen molar-refractivity contribution in [2.24, 2.45) is 10.9 Å². The van der Waals surface area contributed by atoms with Crippen molar-refractivity contribution in [2.75, 3.05) is 19.6 Å². The third kappa shape index (κ3) is 5.28. The second-order valence-electron chi connectivity index (χ2n) is 6.17. The second kappa shape index (κ2) is 8.99. The second-order valence-corrected chi connectivity index (χ2v) is 6.17. The Balaban J connectivity index is 2.04. The van der Waals surface area contributed by atoms with Gasteiger partial charge in [0.25, 0.3) is 0 Å². The van der Waals surface area contributed by atoms with E-state index in [1.807, 2.05) is 0 Å². The Kier molecular flexibility index (Phi) is 6.94. The average Bonchev–Trinajstić information content (AvgIpc) is 2.95. The highest BCUT2D eigenvalue weighted by atomic mass is 14.8. The van der Waals surface area contributed by atoms with Crippen molar-refractivity contribution in [1.29, 1.82) is 0 Å². The van der Waals surface area contributed by atoms with Crippen LogP contribution in [0.3, 0.4) is 0 Å². The molecular weight excluding hydrogens is 256 g/mol. The lowest BCUT2D eigenvalue weighted by Crippen LogP contribution is -2.22. The van der Waals surface area contributed by atoms with Crippen molar-refractivity contribution in [3.05, 3.63) is 35.5 Å². The summed E-state index contributed by atoms with van der Waals surface area (Å²) in [4.78, 5) is 4.87. The van der Waals surface area contributed by atoms with Gasteiger partial charge in [-0.2, -0.15) is 0 Å². The fourth-order valence-electron chi connectivity index (χ4n) is 3.19. The SMILES string of the molecule is CCCC/C1=C/C=C\CNCC2=CCCC2C(C)=NCC1. The minimum absolute atomic E-state index is 0.588. The van der Waals surface area contributed by atoms with Crippen LogP contribution in [0.4, 0.5) is 0 Å². The number of allylic oxidation sites excluding steroid dienone is 3. The molecule has 0 radical (unpaired) electrons. The van der Waals surface area contributed by atoms with E-state index < -0.39 is 0 Å². The summed E-state index contributed by atoms with van der Waals surface area (Å²) in [5.74, 6) is 0.588. The van der Waals surface area contributed by atoms with Crippen molar-refractivity contribution in [3.63, 3.8) is 0 Å². The zero-order chi connectivity index (χ0) is 14.9. The zero-order valence-electron chi connectivity index (χ0n) is 13.7. The van der Waals surface area contributed by atoms with Gasteiger partial charge in [0.05, 0.1) is 0 Å². The maximum atomic E-state index is 4.87. The van der Waals surface area contributed by atoms with Gasteiger partial charge in [0.15, 0.2) is 0 Å². The van der Waals surface area contributed by atoms with Crippen LogP contribution in [0.1, 0.15) is 52.4 Å². The van der Waals surface area contributed by atoms with Crippen LogP contribution >= 0.6 is 0 Å². The fourth-order valence-corrected chi connectivity index (χ4v) is 3.19. The molecule has 0 fully saturated rings. The van der Waals surface area contributed by atoms with Gasteiger partial charge in [0.2, 0.25) is 0 Å². The van der Waals surface area contributed by atoms with Crippen LogP contribution in [0, 0.1) is 5.92 Å². The smallest absolute Gasteiger partial charge is 0.0426 e. The van der Waals surface area contributed by atoms with Gasteiger partial charge in [0, 0.05) is 31.3 Å². The highest BCUT2D eigenvalue weighted by Crippen LogP contribution is 2.27. The predicted octanol–water partition coefficient (Wildman–Crippen LogP) is 4.45. The van der Waals surface area contributed by atoms with E-state index in [0.29, 0.717) is 5.92 Å². The Bertz CT molecular complexity index is 440. The number of hydrogen-bond acceptors (Lipinski definition) is 2. The van der Waals surface area contributed by atoms with Crippen LogP contribution < -0.4 is 5.32 Å². The number of rotatable bonds is 3. The molecule has 1 heterocycles. The lowest BCUT2D eigenvalue weighted by atomic mass is 9.96. The summed E-state index contributed by atoms with van der Waals surface area (Å²) in [7, 11) is 0. The number of nitrogens with zero attached hydrogens (tertiary/aromatic N) is 1. The monoisotopic (exact) mass is 286 g/mol. The molecule has 1 atom stereocenters. The standard InChI is InChI=1S/C19H30N2/c1-3-4-8-17-9-5-6-13-20-15-18-10-7-11-19(18)16(2)21-14-12-17/h5-6,9-10,19-20H,3-4,7-8,11-15H2,1-2H3/b6-5-,17-9-,21-16?. The molecule has 0 spiro atoms. The highest BCUT2D eigenvalue weighted by Gasteiger charge is 2.21. The van der Waals surface area contributed by atoms with Gasteiger partial charge in [-0.25, -0.2) is 0 Å². The molecule has 1 aliphatic carbocycles. The van der Waals surface area contributed by atoms with Crippen LogP contribution in [0.5, 0.6) is 0 Å². The molecule has 1 N–H and O–H groups in total. The van der Waals surface area contributed by atoms with Crippen LogP contribution in [0.25, 0.3) is 0 Å². The molecule has 0 aromatic carbocycles. The van der Waals surface area contributed by atoms with E-state index in [9.17, 15) is 0 Å². The van der Waals surface area contributed by atoms with Gasteiger partial charge in [-0.15, -0.1) is 0 Å². The van der Waals surface area contributed by atoms with E-state index >= 15 is 0 Å². The lowest BCUT2D eigenvalue weighted by molar-refractivity contribution is 0.710. The molecule has 2 heteroatoms. The van der Waals surface area contributed by atoms with Crippen LogP contribution in [0.15, 0.2) is 40.4 Å². The first-order valence-electron chi connectivity index (χ1n) is 8.56. The molecule has 0 aromatic heterocycles. The summed E-state index contributed by atoms with van der Waals surface area (Å²) in [5.41, 5.74) is 4.43. The van der Waals surface area contributed by atoms with E-state index in [1.54, 1.807) is 11.1 Å². The minimum atomic E-state index is 0.588. The van der Waals surface area contributed by atoms with Gasteiger partial charge in [-0.05, 0) is 39.0 Å². The van der Waals surface area contributed by atoms with Gasteiger partial charge in [-0.3, -0.25) is 4.99 Å². The van der Waals surface area contributed by atoms with E-state index in [4.69, 9.17) is 4.99 Å². The van der Waals surface area contributed by atoms with Crippen molar-refractivity contribution >= 4 is 5.71 Å². The first-order valence-corrected chi connectivity index (χ1v) is 8.56. The normalized spacial score (nSPS) is 28.1. The largest absolute Gasteiger partial charge is 0.310 e. The predicted molar refractivity (Wildman–Crippen MR) is 93.0 cm³/mol. The van der Waals surface area contributed by atoms with Gasteiger partial charge in [0.1, 0.15) is 0 Å². The van der Waals surface area contributed by atoms with Gasteiger partial charge in [-0.1, -0.05) is 48.8 Å². The number of hydrogen-bond donors (Lipinski definition) is 1. The zero-order valence-corrected chi connectivity index (χ0v) is 13.7. The molecule has 2 aliphatic rings. The Morgan fingerprint density at radius 3 is 3.14 bits per heavy atom. The van der Waals surface area contributed by atoms with Gasteiger partial charge >= 0.3 is 0 Å². The molecule has 0 bridgehead atoms. The molecule has 21 heavy (non-hydrogen) atoms. The van der Waals surface area contributed by atoms with E-state index in [0.717, 1.165) is 26.1 Å². The molecule has 1 aliphatic heterocycles. The summed E-state index contributed by atoms with van der Waals surface area (Å²) in [5, 5.41) is 3.53. The van der Waals surface area contributed by atoms with Crippen molar-refractivity contribution < 1.29 is 0 Å². The molecule has 2 nitrogen and oxygen atoms in total. The third-order valence-electron chi connectivity index (χ3n) is 4.52. The summed E-state index contributed by atoms with van der Waals surface area (Å²) < 4.78 is 0. The topological polar surface area (TPSA) is 24.4 Å². The van der Waals surface area contributed by atoms with Crippen LogP contribution in [0.2, 0.25) is 0 Å². The quantitative estimate of drug-likeness (QED) is 0.762. The molecule has 0 aromatic rings. The van der Waals surface area contributed by atoms with Crippen molar-refractivity contribution in [1.82, 2.24) is 5.32 Å². The number of nitrogens with one attached hydrogen (secondary N) is 1. The fraction of sp³-hybridized carbons (Fsp3) is 0.632. The number of fused-ring (bicyclic) bond motifs is 1. The van der Waals surface area contributed by atoms with Crippen molar-refractivity contribution in [2.45, 2.75) is 52.4 Å². The summed E-state index contributed by atoms with van der Waals surface area (Å²) in [6.45, 7) is 7.39. The van der Waals surface area contributed by atoms with E-state index in [-0.39, 0.29) is 0 Å². The minimum Gasteiger partial charge on any atom is -0.310 e. The molecular formula is C19H30N2. The number of unbranched alkanes of at least 4 members (excludes halogenated alkanes) is 1. The molecule has 116 valence electrons. The van der Waals surface area contributed by atoms with Gasteiger partial charge < -0.3 is 5.32 Å². The molecule has 0 saturated heterocycles. The average molecular weight is 286 g/mol. The first-order chi connectivity index (χ1) is 10.3. The first kappa shape index (κ1) is 16.2. The molecule has 0 saturated carbocycles. The highest BCUT2D eigenvalue weighted by molar-refractivity contribution is 5.87. The maximum absolute atomic E-state index is 4.87. The van der Waals surface area contributed by atoms with Crippen molar-refractivity contribution in [3.8, 4) is 0 Å². The molecule has 1 unspecified atom stereocenters. The summed E-state index contributed by atoms with van der Waals surface area (Å²) in [6, 6.07) is 0. The van der Waals surface area contributed by atoms with E-state index in [1.165, 1.54) is 37.8 Å². The van der Waals surface area contributed by atoms with Crippen LogP contribution in [-0.4, -0.2) is 25.3 Å². The molecule has 0 amide bonds. The molecule has 2 rings (SSSR count).